The summed E-state index contributed by atoms with van der Waals surface area (Å²) in [6.07, 6.45) is 7.09. The Morgan fingerprint density at radius 2 is 1.86 bits per heavy atom. The predicted molar refractivity (Wildman–Crippen MR) is 117 cm³/mol. The summed E-state index contributed by atoms with van der Waals surface area (Å²) in [7, 11) is 1.95. The molecule has 2 aliphatic rings. The number of anilines is 2. The van der Waals surface area contributed by atoms with Crippen LogP contribution in [0.3, 0.4) is 0 Å². The van der Waals surface area contributed by atoms with Crippen molar-refractivity contribution >= 4 is 22.5 Å². The second kappa shape index (κ2) is 7.63. The second-order valence-corrected chi connectivity index (χ2v) is 8.34. The summed E-state index contributed by atoms with van der Waals surface area (Å²) in [6, 6.07) is 6.63. The number of nitrogens with zero attached hydrogens (tertiary/aromatic N) is 6. The van der Waals surface area contributed by atoms with Crippen molar-refractivity contribution in [2.45, 2.75) is 19.3 Å². The summed E-state index contributed by atoms with van der Waals surface area (Å²) in [5, 5.41) is 8.93. The number of aryl methyl sites for hydroxylation is 1. The standard InChI is InChI=1S/C22H29N7/c1-16-15-29(20-5-7-24-22-19(20)14-26-27(22)2)10-6-18(16)17-3-4-21(25-13-17)28-11-8-23-9-12-28/h3-5,7,13-14,16,18,23H,6,8-12,15H2,1-2H3/t16-,18-/m1/s1. The number of piperidine rings is 1. The van der Waals surface area contributed by atoms with Crippen LogP contribution < -0.4 is 15.1 Å². The summed E-state index contributed by atoms with van der Waals surface area (Å²) >= 11 is 0. The van der Waals surface area contributed by atoms with Gasteiger partial charge in [-0.1, -0.05) is 13.0 Å². The molecule has 152 valence electrons. The molecule has 7 heteroatoms. The van der Waals surface area contributed by atoms with Crippen LogP contribution in [0.5, 0.6) is 0 Å². The maximum absolute atomic E-state index is 4.80. The Morgan fingerprint density at radius 3 is 2.62 bits per heavy atom. The van der Waals surface area contributed by atoms with Crippen molar-refractivity contribution in [3.05, 3.63) is 42.4 Å². The number of nitrogens with one attached hydrogen (secondary N) is 1. The third-order valence-corrected chi connectivity index (χ3v) is 6.50. The van der Waals surface area contributed by atoms with Crippen molar-refractivity contribution in [3.8, 4) is 0 Å². The van der Waals surface area contributed by atoms with Crippen molar-refractivity contribution in [3.63, 3.8) is 0 Å². The molecule has 2 aliphatic heterocycles. The lowest BCUT2D eigenvalue weighted by atomic mass is 9.82. The fourth-order valence-electron chi connectivity index (χ4n) is 4.87. The molecule has 2 atom stereocenters. The Hall–Kier alpha value is -2.67. The molecule has 0 radical (unpaired) electrons. The van der Waals surface area contributed by atoms with Gasteiger partial charge in [-0.3, -0.25) is 4.68 Å². The summed E-state index contributed by atoms with van der Waals surface area (Å²) in [5.41, 5.74) is 3.57. The minimum Gasteiger partial charge on any atom is -0.371 e. The van der Waals surface area contributed by atoms with Gasteiger partial charge in [0.05, 0.1) is 17.3 Å². The molecule has 0 saturated carbocycles. The molecule has 2 fully saturated rings. The molecular formula is C22H29N7. The van der Waals surface area contributed by atoms with Gasteiger partial charge in [-0.15, -0.1) is 0 Å². The van der Waals surface area contributed by atoms with Crippen molar-refractivity contribution in [1.29, 1.82) is 0 Å². The smallest absolute Gasteiger partial charge is 0.159 e. The van der Waals surface area contributed by atoms with E-state index in [0.717, 1.165) is 62.5 Å². The van der Waals surface area contributed by atoms with Crippen molar-refractivity contribution in [2.24, 2.45) is 13.0 Å². The zero-order valence-electron chi connectivity index (χ0n) is 17.3. The van der Waals surface area contributed by atoms with E-state index in [1.165, 1.54) is 11.3 Å². The topological polar surface area (TPSA) is 62.1 Å². The first-order valence-corrected chi connectivity index (χ1v) is 10.6. The van der Waals surface area contributed by atoms with Gasteiger partial charge in [0.1, 0.15) is 5.82 Å². The second-order valence-electron chi connectivity index (χ2n) is 8.34. The molecule has 29 heavy (non-hydrogen) atoms. The van der Waals surface area contributed by atoms with Crippen LogP contribution in [0.2, 0.25) is 0 Å². The Labute approximate surface area is 171 Å². The molecule has 3 aromatic heterocycles. The molecular weight excluding hydrogens is 362 g/mol. The first-order chi connectivity index (χ1) is 14.2. The first kappa shape index (κ1) is 18.4. The molecule has 0 amide bonds. The van der Waals surface area contributed by atoms with Crippen LogP contribution in [0.15, 0.2) is 36.8 Å². The normalized spacial score (nSPS) is 23.0. The zero-order chi connectivity index (χ0) is 19.8. The summed E-state index contributed by atoms with van der Waals surface area (Å²) < 4.78 is 1.85. The van der Waals surface area contributed by atoms with Crippen molar-refractivity contribution in [1.82, 2.24) is 25.1 Å². The number of rotatable bonds is 3. The first-order valence-electron chi connectivity index (χ1n) is 10.6. The van der Waals surface area contributed by atoms with E-state index in [1.54, 1.807) is 0 Å². The fraction of sp³-hybridized carbons (Fsp3) is 0.500. The third-order valence-electron chi connectivity index (χ3n) is 6.50. The Morgan fingerprint density at radius 1 is 1.00 bits per heavy atom. The quantitative estimate of drug-likeness (QED) is 0.740. The summed E-state index contributed by atoms with van der Waals surface area (Å²) in [5.74, 6) is 2.23. The summed E-state index contributed by atoms with van der Waals surface area (Å²) in [6.45, 7) is 8.60. The predicted octanol–water partition coefficient (Wildman–Crippen LogP) is 2.40. The van der Waals surface area contributed by atoms with E-state index in [2.05, 4.69) is 56.5 Å². The molecule has 0 aliphatic carbocycles. The van der Waals surface area contributed by atoms with Gasteiger partial charge in [0, 0.05) is 58.7 Å². The van der Waals surface area contributed by atoms with Crippen LogP contribution >= 0.6 is 0 Å². The fourth-order valence-corrected chi connectivity index (χ4v) is 4.87. The summed E-state index contributed by atoms with van der Waals surface area (Å²) in [4.78, 5) is 14.1. The highest BCUT2D eigenvalue weighted by Gasteiger charge is 2.29. The van der Waals surface area contributed by atoms with Gasteiger partial charge >= 0.3 is 0 Å². The van der Waals surface area contributed by atoms with Gasteiger partial charge in [0.2, 0.25) is 0 Å². The average Bonchev–Trinajstić information content (AvgIpc) is 3.15. The molecule has 5 rings (SSSR count). The number of piperazine rings is 1. The minimum atomic E-state index is 0.557. The van der Waals surface area contributed by atoms with Crippen LogP contribution in [0, 0.1) is 5.92 Å². The van der Waals surface area contributed by atoms with Crippen LogP contribution in [0.1, 0.15) is 24.8 Å². The van der Waals surface area contributed by atoms with Gasteiger partial charge in [0.15, 0.2) is 5.65 Å². The highest BCUT2D eigenvalue weighted by Crippen LogP contribution is 2.36. The van der Waals surface area contributed by atoms with Crippen molar-refractivity contribution in [2.75, 3.05) is 49.1 Å². The molecule has 0 aromatic carbocycles. The number of pyridine rings is 2. The lowest BCUT2D eigenvalue weighted by molar-refractivity contribution is 0.383. The van der Waals surface area contributed by atoms with Gasteiger partial charge in [-0.2, -0.15) is 5.10 Å². The molecule has 0 bridgehead atoms. The minimum absolute atomic E-state index is 0.557. The van der Waals surface area contributed by atoms with E-state index in [-0.39, 0.29) is 0 Å². The number of hydrogen-bond acceptors (Lipinski definition) is 6. The van der Waals surface area contributed by atoms with Crippen LogP contribution in [0.4, 0.5) is 11.5 Å². The van der Waals surface area contributed by atoms with Gasteiger partial charge < -0.3 is 15.1 Å². The molecule has 1 N–H and O–H groups in total. The van der Waals surface area contributed by atoms with E-state index < -0.39 is 0 Å². The SMILES string of the molecule is C[C@@H]1CN(c2ccnc3c2cnn3C)CC[C@H]1c1ccc(N2CCNCC2)nc1. The Bertz CT molecular complexity index is 974. The lowest BCUT2D eigenvalue weighted by Gasteiger charge is -2.38. The van der Waals surface area contributed by atoms with E-state index in [4.69, 9.17) is 4.98 Å². The van der Waals surface area contributed by atoms with Crippen LogP contribution in [-0.2, 0) is 7.05 Å². The largest absolute Gasteiger partial charge is 0.371 e. The third kappa shape index (κ3) is 3.44. The Kier molecular flexibility index (Phi) is 4.83. The van der Waals surface area contributed by atoms with Crippen LogP contribution in [-0.4, -0.2) is 59.0 Å². The number of aromatic nitrogens is 4. The molecule has 2 saturated heterocycles. The van der Waals surface area contributed by atoms with E-state index in [9.17, 15) is 0 Å². The molecule has 5 heterocycles. The monoisotopic (exact) mass is 391 g/mol. The highest BCUT2D eigenvalue weighted by molar-refractivity contribution is 5.89. The van der Waals surface area contributed by atoms with E-state index in [1.807, 2.05) is 24.1 Å². The average molecular weight is 392 g/mol. The maximum Gasteiger partial charge on any atom is 0.159 e. The maximum atomic E-state index is 4.80. The lowest BCUT2D eigenvalue weighted by Crippen LogP contribution is -2.43. The van der Waals surface area contributed by atoms with Gasteiger partial charge in [-0.05, 0) is 36.0 Å². The van der Waals surface area contributed by atoms with Gasteiger partial charge in [0.25, 0.3) is 0 Å². The zero-order valence-corrected chi connectivity index (χ0v) is 17.3. The molecule has 7 nitrogen and oxygen atoms in total. The highest BCUT2D eigenvalue weighted by atomic mass is 15.3. The van der Waals surface area contributed by atoms with E-state index in [0.29, 0.717) is 11.8 Å². The Balaban J connectivity index is 1.31. The van der Waals surface area contributed by atoms with Gasteiger partial charge in [-0.25, -0.2) is 9.97 Å². The molecule has 0 unspecified atom stereocenters. The molecule has 0 spiro atoms. The van der Waals surface area contributed by atoms with Crippen molar-refractivity contribution < 1.29 is 0 Å². The number of hydrogen-bond donors (Lipinski definition) is 1. The van der Waals surface area contributed by atoms with E-state index >= 15 is 0 Å². The molecule has 3 aromatic rings. The van der Waals surface area contributed by atoms with Crippen LogP contribution in [0.25, 0.3) is 11.0 Å². The number of fused-ring (bicyclic) bond motifs is 1.